The molecule has 0 amide bonds. The van der Waals surface area contributed by atoms with Crippen LogP contribution in [0.1, 0.15) is 11.4 Å². The molecule has 0 radical (unpaired) electrons. The van der Waals surface area contributed by atoms with E-state index in [9.17, 15) is 21.6 Å². The second kappa shape index (κ2) is 6.28. The first kappa shape index (κ1) is 17.6. The second-order valence-electron chi connectivity index (χ2n) is 5.01. The fourth-order valence-electron chi connectivity index (χ4n) is 2.13. The monoisotopic (exact) mass is 390 g/mol. The predicted octanol–water partition coefficient (Wildman–Crippen LogP) is 2.88. The third-order valence-corrected chi connectivity index (χ3v) is 5.24. The SMILES string of the molecule is O=S(=O)(NCc1nnc2ccccn12)c1cc(C(F)(F)F)ccc1Cl. The molecule has 0 unspecified atom stereocenters. The van der Waals surface area contributed by atoms with Crippen LogP contribution >= 0.6 is 11.6 Å². The molecular formula is C14H10ClF3N4O2S. The second-order valence-corrected chi connectivity index (χ2v) is 7.16. The zero-order valence-electron chi connectivity index (χ0n) is 12.3. The van der Waals surface area contributed by atoms with Crippen LogP contribution in [0.2, 0.25) is 5.02 Å². The third kappa shape index (κ3) is 3.60. The largest absolute Gasteiger partial charge is 0.416 e. The van der Waals surface area contributed by atoms with Crippen molar-refractivity contribution in [3.8, 4) is 0 Å². The Morgan fingerprint density at radius 2 is 1.92 bits per heavy atom. The molecule has 0 saturated carbocycles. The molecule has 0 fully saturated rings. The zero-order chi connectivity index (χ0) is 18.2. The molecule has 25 heavy (non-hydrogen) atoms. The van der Waals surface area contributed by atoms with Gasteiger partial charge in [0.15, 0.2) is 11.5 Å². The van der Waals surface area contributed by atoms with Crippen molar-refractivity contribution in [3.63, 3.8) is 0 Å². The summed E-state index contributed by atoms with van der Waals surface area (Å²) in [6.07, 6.45) is -3.05. The average molecular weight is 391 g/mol. The molecule has 6 nitrogen and oxygen atoms in total. The van der Waals surface area contributed by atoms with Crippen molar-refractivity contribution in [2.24, 2.45) is 0 Å². The third-order valence-electron chi connectivity index (χ3n) is 3.35. The van der Waals surface area contributed by atoms with Crippen molar-refractivity contribution < 1.29 is 21.6 Å². The Kier molecular flexibility index (Phi) is 4.43. The van der Waals surface area contributed by atoms with Crippen LogP contribution in [0.15, 0.2) is 47.5 Å². The molecule has 0 aliphatic heterocycles. The van der Waals surface area contributed by atoms with Gasteiger partial charge in [0.2, 0.25) is 10.0 Å². The van der Waals surface area contributed by atoms with Gasteiger partial charge < -0.3 is 0 Å². The predicted molar refractivity (Wildman–Crippen MR) is 83.5 cm³/mol. The van der Waals surface area contributed by atoms with E-state index in [1.165, 1.54) is 0 Å². The molecule has 3 aromatic rings. The molecule has 2 heterocycles. The summed E-state index contributed by atoms with van der Waals surface area (Å²) < 4.78 is 66.8. The number of pyridine rings is 1. The van der Waals surface area contributed by atoms with Gasteiger partial charge in [-0.3, -0.25) is 4.40 Å². The molecule has 1 aromatic carbocycles. The molecule has 0 saturated heterocycles. The fraction of sp³-hybridized carbons (Fsp3) is 0.143. The minimum Gasteiger partial charge on any atom is -0.285 e. The maximum Gasteiger partial charge on any atom is 0.416 e. The van der Waals surface area contributed by atoms with Crippen molar-refractivity contribution in [2.75, 3.05) is 0 Å². The van der Waals surface area contributed by atoms with Crippen LogP contribution in [0.5, 0.6) is 0 Å². The molecule has 1 N–H and O–H groups in total. The summed E-state index contributed by atoms with van der Waals surface area (Å²) in [5, 5.41) is 7.39. The van der Waals surface area contributed by atoms with E-state index in [4.69, 9.17) is 11.6 Å². The van der Waals surface area contributed by atoms with E-state index < -0.39 is 26.7 Å². The van der Waals surface area contributed by atoms with E-state index in [0.29, 0.717) is 17.8 Å². The van der Waals surface area contributed by atoms with Crippen molar-refractivity contribution in [1.82, 2.24) is 19.3 Å². The van der Waals surface area contributed by atoms with Gasteiger partial charge in [0.25, 0.3) is 0 Å². The lowest BCUT2D eigenvalue weighted by molar-refractivity contribution is -0.137. The van der Waals surface area contributed by atoms with E-state index in [1.807, 2.05) is 0 Å². The van der Waals surface area contributed by atoms with Gasteiger partial charge in [-0.25, -0.2) is 13.1 Å². The van der Waals surface area contributed by atoms with Crippen LogP contribution in [0.25, 0.3) is 5.65 Å². The summed E-state index contributed by atoms with van der Waals surface area (Å²) >= 11 is 5.77. The maximum atomic E-state index is 12.8. The van der Waals surface area contributed by atoms with E-state index in [-0.39, 0.29) is 17.4 Å². The van der Waals surface area contributed by atoms with Gasteiger partial charge in [-0.1, -0.05) is 17.7 Å². The zero-order valence-corrected chi connectivity index (χ0v) is 13.9. The van der Waals surface area contributed by atoms with Crippen molar-refractivity contribution in [2.45, 2.75) is 17.6 Å². The Bertz CT molecular complexity index is 1030. The Morgan fingerprint density at radius 3 is 2.64 bits per heavy atom. The Labute approximate surface area is 145 Å². The van der Waals surface area contributed by atoms with Gasteiger partial charge in [-0.05, 0) is 30.3 Å². The standard InChI is InChI=1S/C14H10ClF3N4O2S/c15-10-5-4-9(14(16,17)18)7-11(10)25(23,24)19-8-13-21-20-12-3-1-2-6-22(12)13/h1-7,19H,8H2. The van der Waals surface area contributed by atoms with Gasteiger partial charge in [0.05, 0.1) is 17.1 Å². The summed E-state index contributed by atoms with van der Waals surface area (Å²) in [7, 11) is -4.28. The number of benzene rings is 1. The molecule has 0 atom stereocenters. The number of fused-ring (bicyclic) bond motifs is 1. The number of sulfonamides is 1. The Morgan fingerprint density at radius 1 is 1.16 bits per heavy atom. The van der Waals surface area contributed by atoms with Gasteiger partial charge in [0.1, 0.15) is 4.90 Å². The van der Waals surface area contributed by atoms with E-state index in [1.54, 1.807) is 28.8 Å². The van der Waals surface area contributed by atoms with Crippen molar-refractivity contribution in [3.05, 3.63) is 59.0 Å². The lowest BCUT2D eigenvalue weighted by Gasteiger charge is -2.11. The van der Waals surface area contributed by atoms with Crippen molar-refractivity contribution >= 4 is 27.3 Å². The number of halogens is 4. The summed E-state index contributed by atoms with van der Waals surface area (Å²) in [5.74, 6) is 0.280. The van der Waals surface area contributed by atoms with Crippen LogP contribution < -0.4 is 4.72 Å². The number of hydrogen-bond donors (Lipinski definition) is 1. The summed E-state index contributed by atoms with van der Waals surface area (Å²) in [4.78, 5) is -0.655. The highest BCUT2D eigenvalue weighted by atomic mass is 35.5. The molecule has 11 heteroatoms. The Hall–Kier alpha value is -2.17. The van der Waals surface area contributed by atoms with Crippen LogP contribution in [0.3, 0.4) is 0 Å². The van der Waals surface area contributed by atoms with Crippen LogP contribution in [0, 0.1) is 0 Å². The highest BCUT2D eigenvalue weighted by molar-refractivity contribution is 7.89. The number of nitrogens with one attached hydrogen (secondary N) is 1. The molecule has 0 bridgehead atoms. The van der Waals surface area contributed by atoms with Crippen LogP contribution in [-0.4, -0.2) is 23.0 Å². The smallest absolute Gasteiger partial charge is 0.285 e. The molecule has 0 spiro atoms. The number of alkyl halides is 3. The van der Waals surface area contributed by atoms with Gasteiger partial charge in [-0.2, -0.15) is 13.2 Å². The molecule has 2 aromatic heterocycles. The number of aromatic nitrogens is 3. The van der Waals surface area contributed by atoms with Crippen molar-refractivity contribution in [1.29, 1.82) is 0 Å². The van der Waals surface area contributed by atoms with Crippen LogP contribution in [0.4, 0.5) is 13.2 Å². The minimum absolute atomic E-state index is 0.264. The quantitative estimate of drug-likeness (QED) is 0.743. The molecule has 132 valence electrons. The first-order chi connectivity index (χ1) is 11.7. The lowest BCUT2D eigenvalue weighted by Crippen LogP contribution is -2.25. The first-order valence-corrected chi connectivity index (χ1v) is 8.70. The topological polar surface area (TPSA) is 76.4 Å². The van der Waals surface area contributed by atoms with E-state index in [0.717, 1.165) is 6.07 Å². The van der Waals surface area contributed by atoms with Gasteiger partial charge in [-0.15, -0.1) is 10.2 Å². The first-order valence-electron chi connectivity index (χ1n) is 6.83. The summed E-state index contributed by atoms with van der Waals surface area (Å²) in [6, 6.07) is 7.22. The van der Waals surface area contributed by atoms with E-state index >= 15 is 0 Å². The molecule has 0 aliphatic carbocycles. The molecule has 3 rings (SSSR count). The number of rotatable bonds is 4. The van der Waals surface area contributed by atoms with Gasteiger partial charge in [0, 0.05) is 6.20 Å². The minimum atomic E-state index is -4.68. The molecule has 0 aliphatic rings. The summed E-state index contributed by atoms with van der Waals surface area (Å²) in [6.45, 7) is -0.264. The van der Waals surface area contributed by atoms with Gasteiger partial charge >= 0.3 is 6.18 Å². The molecular weight excluding hydrogens is 381 g/mol. The Balaban J connectivity index is 1.90. The average Bonchev–Trinajstić information content (AvgIpc) is 2.95. The highest BCUT2D eigenvalue weighted by Gasteiger charge is 2.32. The number of nitrogens with zero attached hydrogens (tertiary/aromatic N) is 3. The normalized spacial score (nSPS) is 12.6. The fourth-order valence-corrected chi connectivity index (χ4v) is 3.64. The summed E-state index contributed by atoms with van der Waals surface area (Å²) in [5.41, 5.74) is -0.598. The lowest BCUT2D eigenvalue weighted by atomic mass is 10.2. The highest BCUT2D eigenvalue weighted by Crippen LogP contribution is 2.33. The van der Waals surface area contributed by atoms with Crippen LogP contribution in [-0.2, 0) is 22.7 Å². The van der Waals surface area contributed by atoms with E-state index in [2.05, 4.69) is 14.9 Å². The maximum absolute atomic E-state index is 12.8. The number of hydrogen-bond acceptors (Lipinski definition) is 4.